The van der Waals surface area contributed by atoms with E-state index >= 15 is 0 Å². The minimum atomic E-state index is -0.538. The van der Waals surface area contributed by atoms with Gasteiger partial charge in [-0.3, -0.25) is 15.0 Å². The Labute approximate surface area is 158 Å². The summed E-state index contributed by atoms with van der Waals surface area (Å²) in [6.45, 7) is 4.56. The van der Waals surface area contributed by atoms with E-state index in [1.54, 1.807) is 12.1 Å². The van der Waals surface area contributed by atoms with E-state index in [1.165, 1.54) is 12.1 Å². The van der Waals surface area contributed by atoms with Crippen molar-refractivity contribution in [3.05, 3.63) is 65.0 Å². The number of halogens is 1. The molecule has 3 rings (SSSR count). The van der Waals surface area contributed by atoms with Crippen molar-refractivity contribution >= 4 is 17.6 Å². The molecule has 5 nitrogen and oxygen atoms in total. The van der Waals surface area contributed by atoms with Crippen molar-refractivity contribution in [2.75, 3.05) is 11.9 Å². The summed E-state index contributed by atoms with van der Waals surface area (Å²) in [6.07, 6.45) is 2.06. The van der Waals surface area contributed by atoms with Crippen LogP contribution in [-0.4, -0.2) is 29.4 Å². The predicted molar refractivity (Wildman–Crippen MR) is 103 cm³/mol. The molecule has 0 spiro atoms. The number of nitrogens with zero attached hydrogens (tertiary/aromatic N) is 1. The summed E-state index contributed by atoms with van der Waals surface area (Å²) >= 11 is 0. The number of carbonyl (C=O) groups excluding carboxylic acids is 2. The van der Waals surface area contributed by atoms with E-state index < -0.39 is 6.03 Å². The molecule has 0 bridgehead atoms. The molecule has 0 unspecified atom stereocenters. The summed E-state index contributed by atoms with van der Waals surface area (Å²) in [7, 11) is 0. The van der Waals surface area contributed by atoms with Gasteiger partial charge in [-0.1, -0.05) is 29.8 Å². The Morgan fingerprint density at radius 2 is 1.81 bits per heavy atom. The molecule has 2 N–H and O–H groups in total. The van der Waals surface area contributed by atoms with Crippen LogP contribution in [0.15, 0.2) is 42.5 Å². The highest BCUT2D eigenvalue weighted by Crippen LogP contribution is 2.28. The number of carbonyl (C=O) groups is 2. The van der Waals surface area contributed by atoms with Crippen LogP contribution in [0.4, 0.5) is 14.9 Å². The van der Waals surface area contributed by atoms with Crippen molar-refractivity contribution in [1.82, 2.24) is 10.2 Å². The van der Waals surface area contributed by atoms with Crippen molar-refractivity contribution in [2.24, 2.45) is 0 Å². The van der Waals surface area contributed by atoms with Gasteiger partial charge in [0.2, 0.25) is 5.91 Å². The number of aryl methyl sites for hydroxylation is 2. The monoisotopic (exact) mass is 369 g/mol. The molecule has 1 aliphatic rings. The maximum Gasteiger partial charge on any atom is 0.325 e. The highest BCUT2D eigenvalue weighted by atomic mass is 19.1. The zero-order chi connectivity index (χ0) is 19.4. The average molecular weight is 369 g/mol. The third-order valence-electron chi connectivity index (χ3n) is 4.59. The molecule has 0 aromatic heterocycles. The van der Waals surface area contributed by atoms with E-state index in [1.807, 2.05) is 36.9 Å². The Morgan fingerprint density at radius 1 is 1.11 bits per heavy atom. The van der Waals surface area contributed by atoms with Crippen LogP contribution in [0.3, 0.4) is 0 Å². The van der Waals surface area contributed by atoms with Crippen LogP contribution in [-0.2, 0) is 11.3 Å². The number of hydrogen-bond donors (Lipinski definition) is 2. The van der Waals surface area contributed by atoms with E-state index in [0.29, 0.717) is 18.3 Å². The second kappa shape index (κ2) is 8.31. The standard InChI is InChI=1S/C21H24FN3O2/c1-14-3-10-19(15(2)11-14)23-21(27)24-20(26)13-25(18-8-9-18)12-16-4-6-17(22)7-5-16/h3-7,10-11,18H,8-9,12-13H2,1-2H3,(H2,23,24,26,27). The zero-order valence-electron chi connectivity index (χ0n) is 15.6. The van der Waals surface area contributed by atoms with E-state index in [2.05, 4.69) is 10.6 Å². The van der Waals surface area contributed by atoms with Gasteiger partial charge in [0.1, 0.15) is 5.82 Å². The minimum absolute atomic E-state index is 0.127. The van der Waals surface area contributed by atoms with Gasteiger partial charge in [-0.2, -0.15) is 0 Å². The van der Waals surface area contributed by atoms with Crippen LogP contribution < -0.4 is 10.6 Å². The maximum absolute atomic E-state index is 13.1. The third-order valence-corrected chi connectivity index (χ3v) is 4.59. The van der Waals surface area contributed by atoms with Gasteiger partial charge in [-0.05, 0) is 56.0 Å². The second-order valence-electron chi connectivity index (χ2n) is 7.08. The number of benzene rings is 2. The highest BCUT2D eigenvalue weighted by molar-refractivity contribution is 6.02. The topological polar surface area (TPSA) is 61.4 Å². The summed E-state index contributed by atoms with van der Waals surface area (Å²) in [6, 6.07) is 11.8. The molecule has 142 valence electrons. The quantitative estimate of drug-likeness (QED) is 0.815. The van der Waals surface area contributed by atoms with Gasteiger partial charge in [-0.25, -0.2) is 9.18 Å². The molecule has 1 saturated carbocycles. The number of imide groups is 1. The van der Waals surface area contributed by atoms with Gasteiger partial charge in [0, 0.05) is 18.3 Å². The second-order valence-corrected chi connectivity index (χ2v) is 7.08. The molecule has 2 aromatic rings. The maximum atomic E-state index is 13.1. The van der Waals surface area contributed by atoms with E-state index in [4.69, 9.17) is 0 Å². The number of urea groups is 1. The number of hydrogen-bond acceptors (Lipinski definition) is 3. The summed E-state index contributed by atoms with van der Waals surface area (Å²) in [4.78, 5) is 26.4. The third kappa shape index (κ3) is 5.62. The fourth-order valence-corrected chi connectivity index (χ4v) is 3.04. The molecule has 0 saturated heterocycles. The molecule has 1 aliphatic carbocycles. The molecule has 0 atom stereocenters. The van der Waals surface area contributed by atoms with Crippen LogP contribution in [0.1, 0.15) is 29.5 Å². The molecule has 6 heteroatoms. The Bertz CT molecular complexity index is 832. The average Bonchev–Trinajstić information content (AvgIpc) is 3.44. The first-order valence-corrected chi connectivity index (χ1v) is 9.07. The van der Waals surface area contributed by atoms with E-state index in [-0.39, 0.29) is 18.3 Å². The van der Waals surface area contributed by atoms with Crippen molar-refractivity contribution in [2.45, 2.75) is 39.3 Å². The number of amides is 3. The van der Waals surface area contributed by atoms with Crippen molar-refractivity contribution in [3.8, 4) is 0 Å². The molecular weight excluding hydrogens is 345 g/mol. The van der Waals surface area contributed by atoms with Gasteiger partial charge in [0.15, 0.2) is 0 Å². The lowest BCUT2D eigenvalue weighted by Gasteiger charge is -2.21. The molecular formula is C21H24FN3O2. The van der Waals surface area contributed by atoms with E-state index in [0.717, 1.165) is 29.5 Å². The lowest BCUT2D eigenvalue weighted by Crippen LogP contribution is -2.42. The van der Waals surface area contributed by atoms with Crippen LogP contribution in [0.25, 0.3) is 0 Å². The van der Waals surface area contributed by atoms with Crippen LogP contribution in [0.5, 0.6) is 0 Å². The first-order valence-electron chi connectivity index (χ1n) is 9.07. The van der Waals surface area contributed by atoms with Crippen LogP contribution >= 0.6 is 0 Å². The van der Waals surface area contributed by atoms with E-state index in [9.17, 15) is 14.0 Å². The summed E-state index contributed by atoms with van der Waals surface area (Å²) in [5, 5.41) is 5.10. The van der Waals surface area contributed by atoms with Gasteiger partial charge < -0.3 is 5.32 Å². The SMILES string of the molecule is Cc1ccc(NC(=O)NC(=O)CN(Cc2ccc(F)cc2)C2CC2)c(C)c1. The fraction of sp³-hybridized carbons (Fsp3) is 0.333. The Balaban J connectivity index is 1.54. The Morgan fingerprint density at radius 3 is 2.44 bits per heavy atom. The molecule has 0 radical (unpaired) electrons. The number of nitrogens with one attached hydrogen (secondary N) is 2. The smallest absolute Gasteiger partial charge is 0.307 e. The van der Waals surface area contributed by atoms with Crippen molar-refractivity contribution in [1.29, 1.82) is 0 Å². The van der Waals surface area contributed by atoms with Gasteiger partial charge in [-0.15, -0.1) is 0 Å². The molecule has 1 fully saturated rings. The lowest BCUT2D eigenvalue weighted by atomic mass is 10.1. The lowest BCUT2D eigenvalue weighted by molar-refractivity contribution is -0.121. The van der Waals surface area contributed by atoms with Crippen molar-refractivity contribution in [3.63, 3.8) is 0 Å². The zero-order valence-corrected chi connectivity index (χ0v) is 15.6. The summed E-state index contributed by atoms with van der Waals surface area (Å²) in [5.41, 5.74) is 3.66. The first-order chi connectivity index (χ1) is 12.9. The Kier molecular flexibility index (Phi) is 5.86. The molecule has 2 aromatic carbocycles. The fourth-order valence-electron chi connectivity index (χ4n) is 3.04. The molecule has 0 aliphatic heterocycles. The largest absolute Gasteiger partial charge is 0.325 e. The number of anilines is 1. The molecule has 27 heavy (non-hydrogen) atoms. The normalized spacial score (nSPS) is 13.5. The summed E-state index contributed by atoms with van der Waals surface area (Å²) < 4.78 is 13.1. The number of rotatable bonds is 6. The predicted octanol–water partition coefficient (Wildman–Crippen LogP) is 3.76. The Hall–Kier alpha value is -2.73. The van der Waals surface area contributed by atoms with Gasteiger partial charge in [0.05, 0.1) is 6.54 Å². The van der Waals surface area contributed by atoms with Gasteiger partial charge in [0.25, 0.3) is 0 Å². The van der Waals surface area contributed by atoms with Crippen LogP contribution in [0, 0.1) is 19.7 Å². The van der Waals surface area contributed by atoms with Gasteiger partial charge >= 0.3 is 6.03 Å². The highest BCUT2D eigenvalue weighted by Gasteiger charge is 2.30. The first kappa shape index (κ1) is 19.0. The summed E-state index contributed by atoms with van der Waals surface area (Å²) in [5.74, 6) is -0.635. The van der Waals surface area contributed by atoms with Crippen molar-refractivity contribution < 1.29 is 14.0 Å². The minimum Gasteiger partial charge on any atom is -0.307 e. The molecule has 0 heterocycles. The van der Waals surface area contributed by atoms with Crippen LogP contribution in [0.2, 0.25) is 0 Å². The molecule has 3 amide bonds.